The maximum Gasteiger partial charge on any atom is 0.234 e. The lowest BCUT2D eigenvalue weighted by molar-refractivity contribution is -0.117. The fraction of sp³-hybridized carbons (Fsp3) is 0.125. The first-order valence-electron chi connectivity index (χ1n) is 3.34. The topological polar surface area (TPSA) is 43.1 Å². The smallest absolute Gasteiger partial charge is 0.234 e. The van der Waals surface area contributed by atoms with Gasteiger partial charge >= 0.3 is 0 Å². The van der Waals surface area contributed by atoms with Gasteiger partial charge in [-0.3, -0.25) is 4.79 Å². The van der Waals surface area contributed by atoms with Gasteiger partial charge in [0.1, 0.15) is 5.25 Å². The highest BCUT2D eigenvalue weighted by Crippen LogP contribution is 2.20. The van der Waals surface area contributed by atoms with Crippen LogP contribution in [0.4, 0.5) is 0 Å². The van der Waals surface area contributed by atoms with Gasteiger partial charge in [-0.2, -0.15) is 12.6 Å². The van der Waals surface area contributed by atoms with Gasteiger partial charge in [-0.15, -0.1) is 0 Å². The van der Waals surface area contributed by atoms with Crippen LogP contribution in [-0.4, -0.2) is 5.91 Å². The largest absolute Gasteiger partial charge is 0.368 e. The van der Waals surface area contributed by atoms with Crippen LogP contribution < -0.4 is 5.73 Å². The molecule has 1 aromatic carbocycles. The Bertz CT molecular complexity index is 286. The molecule has 0 bridgehead atoms. The number of amides is 1. The highest BCUT2D eigenvalue weighted by Gasteiger charge is 2.11. The Balaban J connectivity index is 2.89. The molecule has 0 radical (unpaired) electrons. The minimum Gasteiger partial charge on any atom is -0.368 e. The number of primary amides is 1. The van der Waals surface area contributed by atoms with E-state index in [0.29, 0.717) is 5.02 Å². The van der Waals surface area contributed by atoms with Crippen molar-refractivity contribution in [2.45, 2.75) is 5.25 Å². The van der Waals surface area contributed by atoms with Gasteiger partial charge in [-0.25, -0.2) is 0 Å². The van der Waals surface area contributed by atoms with E-state index < -0.39 is 11.2 Å². The molecular formula is C8H8ClNOS. The molecule has 1 amide bonds. The van der Waals surface area contributed by atoms with E-state index in [0.717, 1.165) is 5.56 Å². The second-order valence-corrected chi connectivity index (χ2v) is 3.31. The first kappa shape index (κ1) is 9.42. The molecule has 0 aliphatic rings. The van der Waals surface area contributed by atoms with Crippen LogP contribution in [0.15, 0.2) is 24.3 Å². The van der Waals surface area contributed by atoms with E-state index in [9.17, 15) is 4.79 Å². The van der Waals surface area contributed by atoms with Gasteiger partial charge in [-0.05, 0) is 17.7 Å². The van der Waals surface area contributed by atoms with E-state index in [-0.39, 0.29) is 0 Å². The van der Waals surface area contributed by atoms with E-state index >= 15 is 0 Å². The van der Waals surface area contributed by atoms with Crippen molar-refractivity contribution in [3.05, 3.63) is 34.9 Å². The molecular weight excluding hydrogens is 194 g/mol. The van der Waals surface area contributed by atoms with Gasteiger partial charge < -0.3 is 5.73 Å². The van der Waals surface area contributed by atoms with E-state index in [1.54, 1.807) is 24.3 Å². The van der Waals surface area contributed by atoms with Crippen LogP contribution in [0.2, 0.25) is 5.02 Å². The van der Waals surface area contributed by atoms with E-state index in [1.807, 2.05) is 0 Å². The zero-order chi connectivity index (χ0) is 9.14. The SMILES string of the molecule is NC(=O)C(S)c1ccc(Cl)cc1. The minimum absolute atomic E-state index is 0.458. The van der Waals surface area contributed by atoms with Crippen molar-refractivity contribution < 1.29 is 4.79 Å². The van der Waals surface area contributed by atoms with Crippen molar-refractivity contribution in [3.63, 3.8) is 0 Å². The summed E-state index contributed by atoms with van der Waals surface area (Å²) in [5.41, 5.74) is 5.82. The monoisotopic (exact) mass is 201 g/mol. The summed E-state index contributed by atoms with van der Waals surface area (Å²) in [4.78, 5) is 10.7. The molecule has 4 heteroatoms. The second-order valence-electron chi connectivity index (χ2n) is 2.36. The average molecular weight is 202 g/mol. The zero-order valence-electron chi connectivity index (χ0n) is 6.20. The van der Waals surface area contributed by atoms with Crippen LogP contribution in [0, 0.1) is 0 Å². The first-order chi connectivity index (χ1) is 5.61. The fourth-order valence-electron chi connectivity index (χ4n) is 0.809. The lowest BCUT2D eigenvalue weighted by atomic mass is 10.1. The molecule has 0 saturated carbocycles. The molecule has 0 aliphatic carbocycles. The summed E-state index contributed by atoms with van der Waals surface area (Å²) in [6.45, 7) is 0. The summed E-state index contributed by atoms with van der Waals surface area (Å²) in [6, 6.07) is 6.85. The highest BCUT2D eigenvalue weighted by molar-refractivity contribution is 7.81. The van der Waals surface area contributed by atoms with Crippen molar-refractivity contribution in [3.8, 4) is 0 Å². The molecule has 64 valence electrons. The molecule has 1 unspecified atom stereocenters. The standard InChI is InChI=1S/C8H8ClNOS/c9-6-3-1-5(2-4-6)7(12)8(10)11/h1-4,7,12H,(H2,10,11). The number of nitrogens with two attached hydrogens (primary N) is 1. The molecule has 1 aromatic rings. The molecule has 1 atom stereocenters. The molecule has 0 saturated heterocycles. The quantitative estimate of drug-likeness (QED) is 0.705. The molecule has 0 spiro atoms. The average Bonchev–Trinajstić information content (AvgIpc) is 2.04. The van der Waals surface area contributed by atoms with Crippen LogP contribution in [-0.2, 0) is 4.79 Å². The van der Waals surface area contributed by atoms with Crippen LogP contribution in [0.5, 0.6) is 0 Å². The highest BCUT2D eigenvalue weighted by atomic mass is 35.5. The Morgan fingerprint density at radius 1 is 1.42 bits per heavy atom. The van der Waals surface area contributed by atoms with Gasteiger partial charge in [0.05, 0.1) is 0 Å². The van der Waals surface area contributed by atoms with Crippen LogP contribution in [0.1, 0.15) is 10.8 Å². The summed E-state index contributed by atoms with van der Waals surface area (Å²) >= 11 is 9.69. The Hall–Kier alpha value is -0.670. The Kier molecular flexibility index (Phi) is 3.00. The van der Waals surface area contributed by atoms with Crippen molar-refractivity contribution in [2.75, 3.05) is 0 Å². The van der Waals surface area contributed by atoms with E-state index in [4.69, 9.17) is 17.3 Å². The summed E-state index contributed by atoms with van der Waals surface area (Å²) in [6.07, 6.45) is 0. The summed E-state index contributed by atoms with van der Waals surface area (Å²) < 4.78 is 0. The van der Waals surface area contributed by atoms with Crippen molar-refractivity contribution in [1.29, 1.82) is 0 Å². The van der Waals surface area contributed by atoms with Gasteiger partial charge in [0.15, 0.2) is 0 Å². The number of benzene rings is 1. The summed E-state index contributed by atoms with van der Waals surface area (Å²) in [5.74, 6) is -0.458. The third-order valence-corrected chi connectivity index (χ3v) is 2.26. The van der Waals surface area contributed by atoms with Crippen LogP contribution >= 0.6 is 24.2 Å². The van der Waals surface area contributed by atoms with Gasteiger partial charge in [0.25, 0.3) is 0 Å². The third-order valence-electron chi connectivity index (χ3n) is 1.46. The Labute approximate surface area is 81.1 Å². The van der Waals surface area contributed by atoms with Crippen molar-refractivity contribution >= 4 is 30.1 Å². The third kappa shape index (κ3) is 2.16. The fourth-order valence-corrected chi connectivity index (χ4v) is 1.11. The maximum absolute atomic E-state index is 10.7. The van der Waals surface area contributed by atoms with Crippen molar-refractivity contribution in [2.24, 2.45) is 5.73 Å². The Morgan fingerprint density at radius 2 is 1.92 bits per heavy atom. The number of thiol groups is 1. The number of hydrogen-bond donors (Lipinski definition) is 2. The van der Waals surface area contributed by atoms with E-state index in [2.05, 4.69) is 12.6 Å². The first-order valence-corrected chi connectivity index (χ1v) is 4.23. The van der Waals surface area contributed by atoms with Gasteiger partial charge in [0, 0.05) is 5.02 Å². The zero-order valence-corrected chi connectivity index (χ0v) is 7.85. The minimum atomic E-state index is -0.553. The molecule has 0 heterocycles. The van der Waals surface area contributed by atoms with Gasteiger partial charge in [-0.1, -0.05) is 23.7 Å². The number of halogens is 1. The lowest BCUT2D eigenvalue weighted by Crippen LogP contribution is -2.16. The molecule has 0 fully saturated rings. The van der Waals surface area contributed by atoms with Crippen LogP contribution in [0.25, 0.3) is 0 Å². The normalized spacial score (nSPS) is 12.5. The molecule has 0 aliphatic heterocycles. The molecule has 2 nitrogen and oxygen atoms in total. The lowest BCUT2D eigenvalue weighted by Gasteiger charge is -2.05. The number of rotatable bonds is 2. The summed E-state index contributed by atoms with van der Waals surface area (Å²) in [7, 11) is 0. The molecule has 2 N–H and O–H groups in total. The Morgan fingerprint density at radius 3 is 2.33 bits per heavy atom. The second kappa shape index (κ2) is 3.83. The summed E-state index contributed by atoms with van der Waals surface area (Å²) in [5, 5.41) is 0.0750. The van der Waals surface area contributed by atoms with Gasteiger partial charge in [0.2, 0.25) is 5.91 Å². The van der Waals surface area contributed by atoms with Crippen LogP contribution in [0.3, 0.4) is 0 Å². The molecule has 12 heavy (non-hydrogen) atoms. The number of carbonyl (C=O) groups is 1. The van der Waals surface area contributed by atoms with E-state index in [1.165, 1.54) is 0 Å². The predicted molar refractivity (Wildman–Crippen MR) is 52.4 cm³/mol. The number of hydrogen-bond acceptors (Lipinski definition) is 2. The van der Waals surface area contributed by atoms with Crippen molar-refractivity contribution in [1.82, 2.24) is 0 Å². The predicted octanol–water partition coefficient (Wildman–Crippen LogP) is 1.80. The molecule has 0 aromatic heterocycles. The molecule has 1 rings (SSSR count). The maximum atomic E-state index is 10.7. The number of carbonyl (C=O) groups excluding carboxylic acids is 1.